The molecule has 1 atom stereocenters. The van der Waals surface area contributed by atoms with E-state index in [4.69, 9.17) is 4.99 Å². The predicted octanol–water partition coefficient (Wildman–Crippen LogP) is 2.13. The molecule has 0 aromatic heterocycles. The van der Waals surface area contributed by atoms with Gasteiger partial charge in [-0.05, 0) is 65.0 Å². The number of nitrogens with one attached hydrogen (secondary N) is 2. The minimum absolute atomic E-state index is 0.188. The van der Waals surface area contributed by atoms with Gasteiger partial charge in [-0.15, -0.1) is 0 Å². The average Bonchev–Trinajstić information content (AvgIpc) is 3.06. The van der Waals surface area contributed by atoms with E-state index in [9.17, 15) is 8.78 Å². The second-order valence-electron chi connectivity index (χ2n) is 8.28. The van der Waals surface area contributed by atoms with E-state index in [0.717, 1.165) is 64.1 Å². The summed E-state index contributed by atoms with van der Waals surface area (Å²) >= 11 is 0. The Morgan fingerprint density at radius 1 is 1.17 bits per heavy atom. The highest BCUT2D eigenvalue weighted by Crippen LogP contribution is 2.24. The molecular formula is C22H36F2N6. The SMILES string of the molecule is CCNC(=NCCCN1CCCN(C)CC1)NC1CCN(c2ccc(F)cc2F)C1. The van der Waals surface area contributed by atoms with Crippen molar-refractivity contribution in [3.8, 4) is 0 Å². The first-order chi connectivity index (χ1) is 14.5. The first-order valence-electron chi connectivity index (χ1n) is 11.2. The van der Waals surface area contributed by atoms with Gasteiger partial charge in [0.2, 0.25) is 0 Å². The number of benzene rings is 1. The molecule has 3 rings (SSSR count). The molecule has 0 bridgehead atoms. The first kappa shape index (κ1) is 22.7. The van der Waals surface area contributed by atoms with Crippen LogP contribution in [0, 0.1) is 11.6 Å². The van der Waals surface area contributed by atoms with E-state index in [0.29, 0.717) is 12.2 Å². The molecule has 8 heteroatoms. The molecule has 0 radical (unpaired) electrons. The van der Waals surface area contributed by atoms with E-state index >= 15 is 0 Å². The monoisotopic (exact) mass is 422 g/mol. The maximum atomic E-state index is 14.1. The molecule has 0 amide bonds. The number of halogens is 2. The lowest BCUT2D eigenvalue weighted by Crippen LogP contribution is -2.44. The lowest BCUT2D eigenvalue weighted by Gasteiger charge is -2.21. The van der Waals surface area contributed by atoms with Crippen molar-refractivity contribution in [3.63, 3.8) is 0 Å². The molecule has 0 saturated carbocycles. The molecule has 1 aromatic carbocycles. The van der Waals surface area contributed by atoms with E-state index < -0.39 is 11.6 Å². The summed E-state index contributed by atoms with van der Waals surface area (Å²) in [5.74, 6) is -0.227. The van der Waals surface area contributed by atoms with Crippen molar-refractivity contribution >= 4 is 11.6 Å². The van der Waals surface area contributed by atoms with Gasteiger partial charge >= 0.3 is 0 Å². The third-order valence-corrected chi connectivity index (χ3v) is 5.84. The fourth-order valence-electron chi connectivity index (χ4n) is 4.16. The number of aliphatic imine (C=N–C) groups is 1. The Hall–Kier alpha value is -1.93. The molecule has 0 spiro atoms. The molecule has 2 saturated heterocycles. The van der Waals surface area contributed by atoms with Crippen LogP contribution in [-0.2, 0) is 0 Å². The second-order valence-corrected chi connectivity index (χ2v) is 8.28. The molecule has 2 heterocycles. The number of nitrogens with zero attached hydrogens (tertiary/aromatic N) is 4. The van der Waals surface area contributed by atoms with Gasteiger partial charge in [-0.25, -0.2) is 8.78 Å². The fraction of sp³-hybridized carbons (Fsp3) is 0.682. The lowest BCUT2D eigenvalue weighted by atomic mass is 10.2. The first-order valence-corrected chi connectivity index (χ1v) is 11.2. The second kappa shape index (κ2) is 11.5. The molecule has 168 valence electrons. The largest absolute Gasteiger partial charge is 0.367 e. The lowest BCUT2D eigenvalue weighted by molar-refractivity contribution is 0.275. The van der Waals surface area contributed by atoms with Gasteiger partial charge < -0.3 is 25.3 Å². The van der Waals surface area contributed by atoms with Crippen molar-refractivity contribution < 1.29 is 8.78 Å². The van der Waals surface area contributed by atoms with Crippen molar-refractivity contribution in [2.75, 3.05) is 70.9 Å². The zero-order valence-electron chi connectivity index (χ0n) is 18.3. The van der Waals surface area contributed by atoms with Crippen LogP contribution in [0.5, 0.6) is 0 Å². The van der Waals surface area contributed by atoms with Crippen molar-refractivity contribution in [1.29, 1.82) is 0 Å². The van der Waals surface area contributed by atoms with Crippen molar-refractivity contribution in [2.45, 2.75) is 32.2 Å². The topological polar surface area (TPSA) is 46.1 Å². The van der Waals surface area contributed by atoms with Crippen LogP contribution in [-0.4, -0.2) is 87.8 Å². The van der Waals surface area contributed by atoms with E-state index in [2.05, 4.69) is 34.4 Å². The summed E-state index contributed by atoms with van der Waals surface area (Å²) in [6.45, 7) is 10.8. The minimum Gasteiger partial charge on any atom is -0.367 e. The van der Waals surface area contributed by atoms with E-state index in [1.54, 1.807) is 0 Å². The summed E-state index contributed by atoms with van der Waals surface area (Å²) in [5.41, 5.74) is 0.464. The van der Waals surface area contributed by atoms with Gasteiger partial charge in [0.25, 0.3) is 0 Å². The normalized spacial score (nSPS) is 21.7. The third-order valence-electron chi connectivity index (χ3n) is 5.84. The zero-order chi connectivity index (χ0) is 21.3. The zero-order valence-corrected chi connectivity index (χ0v) is 18.3. The van der Waals surface area contributed by atoms with E-state index in [-0.39, 0.29) is 6.04 Å². The minimum atomic E-state index is -0.543. The number of hydrogen-bond donors (Lipinski definition) is 2. The van der Waals surface area contributed by atoms with Crippen molar-refractivity contribution in [2.24, 2.45) is 4.99 Å². The molecule has 30 heavy (non-hydrogen) atoms. The summed E-state index contributed by atoms with van der Waals surface area (Å²) in [4.78, 5) is 11.6. The van der Waals surface area contributed by atoms with Gasteiger partial charge in [-0.2, -0.15) is 0 Å². The number of guanidine groups is 1. The van der Waals surface area contributed by atoms with Crippen LogP contribution in [0.4, 0.5) is 14.5 Å². The van der Waals surface area contributed by atoms with Crippen molar-refractivity contribution in [3.05, 3.63) is 29.8 Å². The van der Waals surface area contributed by atoms with E-state index in [1.165, 1.54) is 31.6 Å². The quantitative estimate of drug-likeness (QED) is 0.401. The summed E-state index contributed by atoms with van der Waals surface area (Å²) < 4.78 is 27.2. The van der Waals surface area contributed by atoms with Crippen LogP contribution in [0.1, 0.15) is 26.2 Å². The van der Waals surface area contributed by atoms with Crippen LogP contribution in [0.2, 0.25) is 0 Å². The molecule has 2 N–H and O–H groups in total. The van der Waals surface area contributed by atoms with Crippen LogP contribution < -0.4 is 15.5 Å². The maximum Gasteiger partial charge on any atom is 0.191 e. The molecule has 2 fully saturated rings. The highest BCUT2D eigenvalue weighted by atomic mass is 19.1. The fourth-order valence-corrected chi connectivity index (χ4v) is 4.16. The molecule has 2 aliphatic heterocycles. The van der Waals surface area contributed by atoms with Gasteiger partial charge in [0.1, 0.15) is 11.6 Å². The third kappa shape index (κ3) is 6.80. The van der Waals surface area contributed by atoms with Gasteiger partial charge in [-0.1, -0.05) is 0 Å². The summed E-state index contributed by atoms with van der Waals surface area (Å²) in [6, 6.07) is 3.97. The highest BCUT2D eigenvalue weighted by molar-refractivity contribution is 5.80. The van der Waals surface area contributed by atoms with Gasteiger partial charge in [0.15, 0.2) is 5.96 Å². The smallest absolute Gasteiger partial charge is 0.191 e. The molecule has 1 unspecified atom stereocenters. The molecule has 2 aliphatic rings. The summed E-state index contributed by atoms with van der Waals surface area (Å²) in [7, 11) is 2.19. The Morgan fingerprint density at radius 2 is 2.03 bits per heavy atom. The average molecular weight is 423 g/mol. The maximum absolute atomic E-state index is 14.1. The van der Waals surface area contributed by atoms with Crippen LogP contribution in [0.3, 0.4) is 0 Å². The Morgan fingerprint density at radius 3 is 2.83 bits per heavy atom. The Kier molecular flexibility index (Phi) is 8.69. The Bertz CT molecular complexity index is 698. The van der Waals surface area contributed by atoms with Gasteiger partial charge in [0, 0.05) is 51.4 Å². The molecular weight excluding hydrogens is 386 g/mol. The number of likely N-dealkylation sites (N-methyl/N-ethyl adjacent to an activating group) is 1. The highest BCUT2D eigenvalue weighted by Gasteiger charge is 2.25. The number of anilines is 1. The molecule has 1 aromatic rings. The van der Waals surface area contributed by atoms with Crippen LogP contribution >= 0.6 is 0 Å². The van der Waals surface area contributed by atoms with Gasteiger partial charge in [-0.3, -0.25) is 4.99 Å². The van der Waals surface area contributed by atoms with Crippen molar-refractivity contribution in [1.82, 2.24) is 20.4 Å². The van der Waals surface area contributed by atoms with Crippen LogP contribution in [0.15, 0.2) is 23.2 Å². The van der Waals surface area contributed by atoms with Crippen LogP contribution in [0.25, 0.3) is 0 Å². The number of rotatable bonds is 7. The Labute approximate surface area is 179 Å². The van der Waals surface area contributed by atoms with Gasteiger partial charge in [0.05, 0.1) is 5.69 Å². The summed E-state index contributed by atoms with van der Waals surface area (Å²) in [5, 5.41) is 6.80. The Balaban J connectivity index is 1.45. The molecule has 0 aliphatic carbocycles. The number of hydrogen-bond acceptors (Lipinski definition) is 4. The molecule has 6 nitrogen and oxygen atoms in total. The predicted molar refractivity (Wildman–Crippen MR) is 119 cm³/mol. The standard InChI is InChI=1S/C22H36F2N6/c1-3-25-22(26-9-4-11-29-12-5-10-28(2)14-15-29)27-19-8-13-30(17-19)21-7-6-18(23)16-20(21)24/h6-7,16,19H,3-5,8-15,17H2,1-2H3,(H2,25,26,27). The summed E-state index contributed by atoms with van der Waals surface area (Å²) in [6.07, 6.45) is 3.16. The van der Waals surface area contributed by atoms with E-state index in [1.807, 2.05) is 4.90 Å².